The minimum Gasteiger partial charge on any atom is -0.310 e. The first-order chi connectivity index (χ1) is 7.79. The summed E-state index contributed by atoms with van der Waals surface area (Å²) in [7, 11) is 0. The standard InChI is InChI=1S/C14H22FNS/c1-10(2)16-9-11-12(15)7-6-8-13(11)17-14(3,4)5/h6-8,10,16H,9H2,1-5H3. The highest BCUT2D eigenvalue weighted by Gasteiger charge is 2.16. The predicted molar refractivity (Wildman–Crippen MR) is 74.0 cm³/mol. The van der Waals surface area contributed by atoms with E-state index in [4.69, 9.17) is 0 Å². The molecule has 17 heavy (non-hydrogen) atoms. The van der Waals surface area contributed by atoms with Gasteiger partial charge in [-0.1, -0.05) is 40.7 Å². The van der Waals surface area contributed by atoms with Gasteiger partial charge in [0.15, 0.2) is 0 Å². The van der Waals surface area contributed by atoms with Crippen LogP contribution < -0.4 is 5.32 Å². The van der Waals surface area contributed by atoms with E-state index in [1.807, 2.05) is 6.07 Å². The topological polar surface area (TPSA) is 12.0 Å². The van der Waals surface area contributed by atoms with E-state index in [0.717, 1.165) is 10.5 Å². The average Bonchev–Trinajstić information content (AvgIpc) is 2.13. The summed E-state index contributed by atoms with van der Waals surface area (Å²) in [6, 6.07) is 5.67. The third-order valence-electron chi connectivity index (χ3n) is 2.18. The number of thioether (sulfide) groups is 1. The molecule has 1 aromatic rings. The monoisotopic (exact) mass is 255 g/mol. The summed E-state index contributed by atoms with van der Waals surface area (Å²) < 4.78 is 13.9. The number of benzene rings is 1. The Morgan fingerprint density at radius 3 is 2.47 bits per heavy atom. The van der Waals surface area contributed by atoms with Crippen LogP contribution in [0, 0.1) is 5.82 Å². The second-order valence-corrected chi connectivity index (χ2v) is 7.34. The van der Waals surface area contributed by atoms with Crippen molar-refractivity contribution in [1.29, 1.82) is 0 Å². The molecule has 0 aliphatic rings. The van der Waals surface area contributed by atoms with Crippen molar-refractivity contribution in [1.82, 2.24) is 5.32 Å². The van der Waals surface area contributed by atoms with Crippen molar-refractivity contribution in [2.24, 2.45) is 0 Å². The molecule has 0 fully saturated rings. The van der Waals surface area contributed by atoms with E-state index in [2.05, 4.69) is 39.9 Å². The third kappa shape index (κ3) is 5.09. The van der Waals surface area contributed by atoms with Crippen molar-refractivity contribution < 1.29 is 4.39 Å². The van der Waals surface area contributed by atoms with E-state index in [1.54, 1.807) is 17.8 Å². The Hall–Kier alpha value is -0.540. The maximum absolute atomic E-state index is 13.8. The molecule has 0 aliphatic carbocycles. The highest BCUT2D eigenvalue weighted by Crippen LogP contribution is 2.34. The van der Waals surface area contributed by atoms with Gasteiger partial charge in [0.1, 0.15) is 5.82 Å². The Kier molecular flexibility index (Phi) is 5.02. The molecule has 0 saturated heterocycles. The zero-order chi connectivity index (χ0) is 13.1. The molecule has 0 heterocycles. The fourth-order valence-corrected chi connectivity index (χ4v) is 2.54. The molecule has 1 rings (SSSR count). The van der Waals surface area contributed by atoms with Gasteiger partial charge in [0.25, 0.3) is 0 Å². The Morgan fingerprint density at radius 2 is 1.94 bits per heavy atom. The number of hydrogen-bond donors (Lipinski definition) is 1. The van der Waals surface area contributed by atoms with E-state index in [0.29, 0.717) is 12.6 Å². The minimum atomic E-state index is -0.118. The lowest BCUT2D eigenvalue weighted by Gasteiger charge is -2.21. The Labute approximate surface area is 108 Å². The Bertz CT molecular complexity index is 369. The largest absolute Gasteiger partial charge is 0.310 e. The summed E-state index contributed by atoms with van der Waals surface area (Å²) in [6.45, 7) is 11.1. The Morgan fingerprint density at radius 1 is 1.29 bits per heavy atom. The van der Waals surface area contributed by atoms with E-state index in [1.165, 1.54) is 6.07 Å². The molecule has 0 aromatic heterocycles. The molecule has 0 atom stereocenters. The first kappa shape index (κ1) is 14.5. The maximum Gasteiger partial charge on any atom is 0.128 e. The molecular formula is C14H22FNS. The molecule has 1 nitrogen and oxygen atoms in total. The van der Waals surface area contributed by atoms with Gasteiger partial charge in [-0.2, -0.15) is 0 Å². The van der Waals surface area contributed by atoms with Crippen molar-refractivity contribution in [2.45, 2.75) is 56.8 Å². The van der Waals surface area contributed by atoms with Crippen LogP contribution in [0.5, 0.6) is 0 Å². The van der Waals surface area contributed by atoms with E-state index in [9.17, 15) is 4.39 Å². The van der Waals surface area contributed by atoms with Gasteiger partial charge >= 0.3 is 0 Å². The highest BCUT2D eigenvalue weighted by molar-refractivity contribution is 8.00. The van der Waals surface area contributed by atoms with Crippen molar-refractivity contribution in [2.75, 3.05) is 0 Å². The zero-order valence-electron chi connectivity index (χ0n) is 11.3. The van der Waals surface area contributed by atoms with E-state index >= 15 is 0 Å². The molecule has 1 aromatic carbocycles. The van der Waals surface area contributed by atoms with Crippen LogP contribution in [-0.4, -0.2) is 10.8 Å². The summed E-state index contributed by atoms with van der Waals surface area (Å²) in [5, 5.41) is 3.28. The van der Waals surface area contributed by atoms with Crippen molar-refractivity contribution in [3.63, 3.8) is 0 Å². The van der Waals surface area contributed by atoms with E-state index < -0.39 is 0 Å². The molecule has 96 valence electrons. The smallest absolute Gasteiger partial charge is 0.128 e. The van der Waals surface area contributed by atoms with Gasteiger partial charge in [0, 0.05) is 27.8 Å². The lowest BCUT2D eigenvalue weighted by molar-refractivity contribution is 0.546. The van der Waals surface area contributed by atoms with Crippen molar-refractivity contribution in [3.05, 3.63) is 29.6 Å². The zero-order valence-corrected chi connectivity index (χ0v) is 12.1. The third-order valence-corrected chi connectivity index (χ3v) is 3.39. The first-order valence-corrected chi connectivity index (χ1v) is 6.81. The summed E-state index contributed by atoms with van der Waals surface area (Å²) in [5.74, 6) is -0.118. The molecule has 0 bridgehead atoms. The minimum absolute atomic E-state index is 0.0976. The summed E-state index contributed by atoms with van der Waals surface area (Å²) in [6.07, 6.45) is 0. The van der Waals surface area contributed by atoms with Gasteiger partial charge in [0.05, 0.1) is 0 Å². The van der Waals surface area contributed by atoms with E-state index in [-0.39, 0.29) is 10.6 Å². The fraction of sp³-hybridized carbons (Fsp3) is 0.571. The van der Waals surface area contributed by atoms with Crippen LogP contribution in [0.25, 0.3) is 0 Å². The fourth-order valence-electron chi connectivity index (χ4n) is 1.44. The molecular weight excluding hydrogens is 233 g/mol. The van der Waals surface area contributed by atoms with Crippen LogP contribution in [0.3, 0.4) is 0 Å². The van der Waals surface area contributed by atoms with Gasteiger partial charge in [-0.15, -0.1) is 11.8 Å². The molecule has 0 amide bonds. The number of rotatable bonds is 4. The molecule has 1 N–H and O–H groups in total. The molecule has 0 radical (unpaired) electrons. The molecule has 3 heteroatoms. The molecule has 0 aliphatic heterocycles. The lowest BCUT2D eigenvalue weighted by atomic mass is 10.2. The predicted octanol–water partition coefficient (Wildman–Crippen LogP) is 4.21. The van der Waals surface area contributed by atoms with Crippen LogP contribution in [-0.2, 0) is 6.54 Å². The molecule has 0 saturated carbocycles. The molecule has 0 spiro atoms. The highest BCUT2D eigenvalue weighted by atomic mass is 32.2. The lowest BCUT2D eigenvalue weighted by Crippen LogP contribution is -2.23. The molecule has 0 unspecified atom stereocenters. The SMILES string of the molecule is CC(C)NCc1c(F)cccc1SC(C)(C)C. The van der Waals surface area contributed by atoms with Crippen LogP contribution >= 0.6 is 11.8 Å². The normalized spacial score (nSPS) is 12.2. The first-order valence-electron chi connectivity index (χ1n) is 5.99. The van der Waals surface area contributed by atoms with Crippen LogP contribution in [0.15, 0.2) is 23.1 Å². The van der Waals surface area contributed by atoms with Crippen molar-refractivity contribution in [3.8, 4) is 0 Å². The second-order valence-electron chi connectivity index (χ2n) is 5.47. The van der Waals surface area contributed by atoms with Gasteiger partial charge in [-0.25, -0.2) is 4.39 Å². The van der Waals surface area contributed by atoms with Crippen molar-refractivity contribution >= 4 is 11.8 Å². The number of hydrogen-bond acceptors (Lipinski definition) is 2. The average molecular weight is 255 g/mol. The van der Waals surface area contributed by atoms with Crippen LogP contribution in [0.4, 0.5) is 4.39 Å². The quantitative estimate of drug-likeness (QED) is 0.809. The van der Waals surface area contributed by atoms with Crippen LogP contribution in [0.1, 0.15) is 40.2 Å². The van der Waals surface area contributed by atoms with Crippen LogP contribution in [0.2, 0.25) is 0 Å². The summed E-state index contributed by atoms with van der Waals surface area (Å²) in [5.41, 5.74) is 0.779. The van der Waals surface area contributed by atoms with Gasteiger partial charge in [-0.05, 0) is 12.1 Å². The number of nitrogens with one attached hydrogen (secondary N) is 1. The maximum atomic E-state index is 13.8. The van der Waals surface area contributed by atoms with Gasteiger partial charge < -0.3 is 5.32 Å². The Balaban J connectivity index is 2.92. The summed E-state index contributed by atoms with van der Waals surface area (Å²) >= 11 is 1.71. The number of halogens is 1. The summed E-state index contributed by atoms with van der Waals surface area (Å²) in [4.78, 5) is 1.03. The van der Waals surface area contributed by atoms with Gasteiger partial charge in [-0.3, -0.25) is 0 Å². The van der Waals surface area contributed by atoms with Gasteiger partial charge in [0.2, 0.25) is 0 Å². The second kappa shape index (κ2) is 5.87.